The summed E-state index contributed by atoms with van der Waals surface area (Å²) in [7, 11) is 1.06. The number of rotatable bonds is 2. The number of amides is 1. The zero-order valence-electron chi connectivity index (χ0n) is 32.6. The van der Waals surface area contributed by atoms with Gasteiger partial charge in [-0.3, -0.25) is 19.2 Å². The van der Waals surface area contributed by atoms with E-state index in [9.17, 15) is 49.8 Å². The summed E-state index contributed by atoms with van der Waals surface area (Å²) in [5, 5.41) is 71.8. The lowest BCUT2D eigenvalue weighted by Crippen LogP contribution is -2.53. The molecule has 0 spiro atoms. The summed E-state index contributed by atoms with van der Waals surface area (Å²) in [6.07, 6.45) is -0.878. The number of aromatic hydroxyl groups is 1. The number of ketones is 1. The first-order valence-corrected chi connectivity index (χ1v) is 17.8. The number of hydrogen-bond acceptors (Lipinski definition) is 14. The standard InChI is InChI=1S/C40H51NO14/c1-16-12-11-13-17(2)38(49)41-28-19(4)36(55-23(8)42)24-25(33(28)47)31(45)21(6)35-26(24)34(53-15-54-35)18(3)14-40(9,51)37(48)22(7)32(46)27(39(50)52-10)30(44)20(5)29(16)43/h11-14,16,20,22,27,29-30,32,37,43-44,46-48,51H,15H2,1-10H3,(H,41,49)/b12-11+,17-13+,18-14-. The van der Waals surface area contributed by atoms with Crippen molar-refractivity contribution in [3.8, 4) is 11.5 Å². The van der Waals surface area contributed by atoms with Crippen molar-refractivity contribution >= 4 is 34.9 Å². The summed E-state index contributed by atoms with van der Waals surface area (Å²) in [5.74, 6) is -8.68. The van der Waals surface area contributed by atoms with Crippen molar-refractivity contribution in [3.05, 3.63) is 69.2 Å². The van der Waals surface area contributed by atoms with Crippen LogP contribution >= 0.6 is 0 Å². The maximum atomic E-state index is 14.0. The molecular weight excluding hydrogens is 718 g/mol. The molecule has 3 heterocycles. The first kappa shape index (κ1) is 42.9. The van der Waals surface area contributed by atoms with Gasteiger partial charge in [0.15, 0.2) is 11.5 Å². The van der Waals surface area contributed by atoms with E-state index >= 15 is 0 Å². The normalized spacial score (nSPS) is 33.3. The average molecular weight is 770 g/mol. The molecule has 1 aliphatic carbocycles. The van der Waals surface area contributed by atoms with Crippen molar-refractivity contribution < 1.29 is 68.8 Å². The monoisotopic (exact) mass is 769 g/mol. The van der Waals surface area contributed by atoms with E-state index in [0.717, 1.165) is 14.0 Å². The van der Waals surface area contributed by atoms with E-state index in [1.165, 1.54) is 66.7 Å². The van der Waals surface area contributed by atoms with E-state index in [-0.39, 0.29) is 61.9 Å². The molecule has 0 radical (unpaired) electrons. The third kappa shape index (κ3) is 8.12. The predicted molar refractivity (Wildman–Crippen MR) is 198 cm³/mol. The zero-order valence-corrected chi connectivity index (χ0v) is 32.6. The molecule has 1 aromatic rings. The molecule has 55 heavy (non-hydrogen) atoms. The third-order valence-electron chi connectivity index (χ3n) is 10.6. The number of allylic oxidation sites excluding steroid dienone is 5. The number of nitrogens with one attached hydrogen (secondary N) is 1. The molecule has 3 aliphatic heterocycles. The molecule has 1 aromatic carbocycles. The molecule has 15 heteroatoms. The van der Waals surface area contributed by atoms with Crippen molar-refractivity contribution in [1.82, 2.24) is 0 Å². The van der Waals surface area contributed by atoms with Crippen LogP contribution in [0.1, 0.15) is 76.9 Å². The summed E-state index contributed by atoms with van der Waals surface area (Å²) < 4.78 is 22.3. The smallest absolute Gasteiger partial charge is 0.313 e. The topological polar surface area (TPSA) is 239 Å². The summed E-state index contributed by atoms with van der Waals surface area (Å²) >= 11 is 0. The largest absolute Gasteiger partial charge is 0.505 e. The number of fused-ring (bicyclic) bond motifs is 14. The molecule has 300 valence electrons. The quantitative estimate of drug-likeness (QED) is 0.130. The van der Waals surface area contributed by atoms with E-state index in [2.05, 4.69) is 5.32 Å². The summed E-state index contributed by atoms with van der Waals surface area (Å²) in [6, 6.07) is 0. The minimum atomic E-state index is -2.17. The first-order chi connectivity index (χ1) is 25.6. The maximum absolute atomic E-state index is 14.0. The molecule has 0 aromatic heterocycles. The zero-order chi connectivity index (χ0) is 41.4. The highest BCUT2D eigenvalue weighted by molar-refractivity contribution is 6.21. The lowest BCUT2D eigenvalue weighted by molar-refractivity contribution is -0.168. The van der Waals surface area contributed by atoms with Crippen molar-refractivity contribution in [3.63, 3.8) is 0 Å². The minimum absolute atomic E-state index is 0.00256. The fraction of sp³-hybridized carbons (Fsp3) is 0.500. The fourth-order valence-corrected chi connectivity index (χ4v) is 7.28. The lowest BCUT2D eigenvalue weighted by Gasteiger charge is -2.39. The Labute approximate surface area is 319 Å². The average Bonchev–Trinajstić information content (AvgIpc) is 3.13. The Bertz CT molecular complexity index is 1920. The summed E-state index contributed by atoms with van der Waals surface area (Å²) in [5.41, 5.74) is -2.34. The number of ether oxygens (including phenoxy) is 4. The Morgan fingerprint density at radius 3 is 2.11 bits per heavy atom. The van der Waals surface area contributed by atoms with Crippen LogP contribution in [0.5, 0.6) is 11.5 Å². The van der Waals surface area contributed by atoms with Gasteiger partial charge in [0.05, 0.1) is 48.3 Å². The van der Waals surface area contributed by atoms with Crippen LogP contribution in [0.3, 0.4) is 0 Å². The molecule has 9 unspecified atom stereocenters. The number of Topliss-reactive ketones (excluding diaryl/α,β-unsaturated/α-hetero) is 1. The van der Waals surface area contributed by atoms with E-state index in [1.54, 1.807) is 13.0 Å². The van der Waals surface area contributed by atoms with Crippen LogP contribution in [-0.4, -0.2) is 98.2 Å². The van der Waals surface area contributed by atoms with Crippen LogP contribution in [0.2, 0.25) is 0 Å². The SMILES string of the molecule is COC(=O)C1C(O)C(C)C(O)C(C)/C=C/C=C(\C)C(=O)Nc2c(C)c(OC(C)=O)c3c(c2O)C(=O)C(C)=C2OCOC(=C23)/C(C)=C\C(C)(O)C(O)C(C)C1O. The van der Waals surface area contributed by atoms with Gasteiger partial charge in [-0.25, -0.2) is 0 Å². The molecular formula is C40H51NO14. The molecule has 0 fully saturated rings. The number of carbonyl (C=O) groups excluding carboxylic acids is 4. The Morgan fingerprint density at radius 1 is 0.909 bits per heavy atom. The molecule has 1 amide bonds. The van der Waals surface area contributed by atoms with E-state index in [4.69, 9.17) is 18.9 Å². The number of benzene rings is 1. The molecule has 0 saturated heterocycles. The predicted octanol–water partition coefficient (Wildman–Crippen LogP) is 3.10. The highest BCUT2D eigenvalue weighted by atomic mass is 16.7. The van der Waals surface area contributed by atoms with E-state index < -0.39 is 89.9 Å². The van der Waals surface area contributed by atoms with Crippen LogP contribution in [0.15, 0.2) is 52.5 Å². The first-order valence-electron chi connectivity index (χ1n) is 17.8. The fourth-order valence-electron chi connectivity index (χ4n) is 7.28. The number of esters is 2. The van der Waals surface area contributed by atoms with Crippen molar-refractivity contribution in [2.45, 2.75) is 92.3 Å². The Hall–Kier alpha value is -4.80. The second-order valence-electron chi connectivity index (χ2n) is 14.7. The summed E-state index contributed by atoms with van der Waals surface area (Å²) in [6.45, 7) is 12.3. The molecule has 9 atom stereocenters. The summed E-state index contributed by atoms with van der Waals surface area (Å²) in [4.78, 5) is 53.0. The van der Waals surface area contributed by atoms with Gasteiger partial charge in [0.1, 0.15) is 28.8 Å². The number of phenolic OH excluding ortho intramolecular Hbond substituents is 1. The van der Waals surface area contributed by atoms with Gasteiger partial charge in [0.2, 0.25) is 6.79 Å². The Kier molecular flexibility index (Phi) is 12.9. The van der Waals surface area contributed by atoms with Crippen molar-refractivity contribution in [2.24, 2.45) is 23.7 Å². The van der Waals surface area contributed by atoms with Gasteiger partial charge in [-0.2, -0.15) is 0 Å². The van der Waals surface area contributed by atoms with Gasteiger partial charge in [0.25, 0.3) is 5.91 Å². The number of aliphatic hydroxyl groups is 5. The number of methoxy groups -OCH3 is 1. The van der Waals surface area contributed by atoms with Gasteiger partial charge < -0.3 is 54.9 Å². The van der Waals surface area contributed by atoms with E-state index in [1.807, 2.05) is 0 Å². The van der Waals surface area contributed by atoms with Gasteiger partial charge in [0, 0.05) is 47.0 Å². The van der Waals surface area contributed by atoms with Crippen LogP contribution in [0.4, 0.5) is 5.69 Å². The Balaban J connectivity index is 2.07. The van der Waals surface area contributed by atoms with E-state index in [0.29, 0.717) is 0 Å². The highest BCUT2D eigenvalue weighted by Crippen LogP contribution is 2.53. The van der Waals surface area contributed by atoms with Gasteiger partial charge in [-0.05, 0) is 46.3 Å². The molecule has 4 bridgehead atoms. The third-order valence-corrected chi connectivity index (χ3v) is 10.6. The second kappa shape index (κ2) is 16.5. The highest BCUT2D eigenvalue weighted by Gasteiger charge is 2.47. The minimum Gasteiger partial charge on any atom is -0.505 e. The number of aliphatic hydroxyl groups excluding tert-OH is 4. The van der Waals surface area contributed by atoms with Crippen LogP contribution in [0.25, 0.3) is 5.57 Å². The molecule has 15 nitrogen and oxygen atoms in total. The van der Waals surface area contributed by atoms with Crippen LogP contribution in [-0.2, 0) is 28.6 Å². The number of hydrogen-bond donors (Lipinski definition) is 7. The molecule has 7 N–H and O–H groups in total. The van der Waals surface area contributed by atoms with Gasteiger partial charge in [-0.1, -0.05) is 39.0 Å². The number of anilines is 1. The van der Waals surface area contributed by atoms with Gasteiger partial charge >= 0.3 is 11.9 Å². The van der Waals surface area contributed by atoms with Crippen LogP contribution in [0, 0.1) is 30.6 Å². The van der Waals surface area contributed by atoms with Crippen molar-refractivity contribution in [1.29, 1.82) is 0 Å². The number of carbonyl (C=O) groups is 4. The van der Waals surface area contributed by atoms with Gasteiger partial charge in [-0.15, -0.1) is 0 Å². The molecule has 4 aliphatic rings. The number of phenols is 1. The maximum Gasteiger partial charge on any atom is 0.313 e. The lowest BCUT2D eigenvalue weighted by atomic mass is 9.75. The molecule has 0 saturated carbocycles. The second-order valence-corrected chi connectivity index (χ2v) is 14.7. The van der Waals surface area contributed by atoms with Crippen molar-refractivity contribution in [2.75, 3.05) is 19.2 Å². The Morgan fingerprint density at radius 2 is 1.51 bits per heavy atom. The molecule has 5 rings (SSSR count). The van der Waals surface area contributed by atoms with Crippen LogP contribution < -0.4 is 10.1 Å².